The molecule has 0 radical (unpaired) electrons. The first kappa shape index (κ1) is 41.3. The zero-order valence-corrected chi connectivity index (χ0v) is 33.0. The van der Waals surface area contributed by atoms with Crippen molar-refractivity contribution < 1.29 is 97.2 Å². The average molecular weight is 722 g/mol. The molecule has 0 aliphatic carbocycles. The van der Waals surface area contributed by atoms with E-state index in [1.165, 1.54) is 46.1 Å². The van der Waals surface area contributed by atoms with Crippen LogP contribution in [0.1, 0.15) is 27.3 Å². The standard InChI is InChI=1S/C32H36N7O8P.2Na/c1-3-16-37-21-29(40)38-27(17-22-12-14-25(15-13-22)47-48(44,45)46)31(42)36(19-24-10-7-11-26(35-24)30(41)33-2)20-28(38)39(37)32(43)34-18-23-8-5-4-6-9-23;;/h3-15,27-28H,1,16-21H2,2H3,(H,33,41)(H,34,43)(H2,44,45,46);;/q;2*+1/p-2/t27-,28-;;/m0../s1. The summed E-state index contributed by atoms with van der Waals surface area (Å²) in [4.78, 5) is 83.6. The summed E-state index contributed by atoms with van der Waals surface area (Å²) in [5.74, 6) is -1.40. The normalized spacial score (nSPS) is 17.5. The van der Waals surface area contributed by atoms with Gasteiger partial charge in [-0.25, -0.2) is 19.8 Å². The molecule has 2 atom stereocenters. The van der Waals surface area contributed by atoms with Crippen molar-refractivity contribution in [3.63, 3.8) is 0 Å². The molecule has 3 heterocycles. The Kier molecular flexibility index (Phi) is 15.2. The Bertz CT molecular complexity index is 1730. The Morgan fingerprint density at radius 3 is 2.36 bits per heavy atom. The average Bonchev–Trinajstić information content (AvgIpc) is 3.06. The van der Waals surface area contributed by atoms with Gasteiger partial charge in [0.25, 0.3) is 5.91 Å². The maximum atomic E-state index is 14.2. The first-order valence-corrected chi connectivity index (χ1v) is 16.5. The molecule has 1 aromatic heterocycles. The molecule has 5 rings (SSSR count). The van der Waals surface area contributed by atoms with Gasteiger partial charge in [0.2, 0.25) is 11.8 Å². The van der Waals surface area contributed by atoms with Crippen molar-refractivity contribution in [1.29, 1.82) is 0 Å². The number of urea groups is 1. The number of phosphoric acid groups is 1. The van der Waals surface area contributed by atoms with Crippen LogP contribution < -0.4 is 84.1 Å². The van der Waals surface area contributed by atoms with Gasteiger partial charge < -0.3 is 39.3 Å². The summed E-state index contributed by atoms with van der Waals surface area (Å²) >= 11 is 0. The largest absolute Gasteiger partial charge is 1.00 e. The van der Waals surface area contributed by atoms with Gasteiger partial charge in [-0.2, -0.15) is 0 Å². The minimum absolute atomic E-state index is 0. The fraction of sp³-hybridized carbons (Fsp3) is 0.281. The predicted molar refractivity (Wildman–Crippen MR) is 168 cm³/mol. The number of fused-ring (bicyclic) bond motifs is 1. The topological polar surface area (TPSA) is 191 Å². The Labute approximate surface area is 333 Å². The summed E-state index contributed by atoms with van der Waals surface area (Å²) in [7, 11) is -3.80. The number of pyridine rings is 1. The maximum absolute atomic E-state index is 14.2. The van der Waals surface area contributed by atoms with E-state index in [9.17, 15) is 33.5 Å². The SMILES string of the molecule is C=CCN1CC(=O)N2[C@@H](Cc3ccc(OP(=O)([O-])[O-])cc3)C(=O)N(Cc3cccc(C(=O)NC)n3)C[C@@H]2N1C(=O)NCc1ccccc1.[Na+].[Na+]. The third kappa shape index (κ3) is 10.3. The Morgan fingerprint density at radius 2 is 1.72 bits per heavy atom. The maximum Gasteiger partial charge on any atom is 1.00 e. The molecule has 2 N–H and O–H groups in total. The Balaban J connectivity index is 0.00000338. The molecule has 0 unspecified atom stereocenters. The van der Waals surface area contributed by atoms with Crippen LogP contribution in [0.15, 0.2) is 85.5 Å². The van der Waals surface area contributed by atoms with Crippen molar-refractivity contribution in [3.8, 4) is 5.75 Å². The van der Waals surface area contributed by atoms with Crippen LogP contribution >= 0.6 is 7.82 Å². The predicted octanol–water partition coefficient (Wildman–Crippen LogP) is -5.61. The molecule has 3 aromatic rings. The van der Waals surface area contributed by atoms with Gasteiger partial charge in [-0.3, -0.25) is 14.4 Å². The van der Waals surface area contributed by atoms with Crippen LogP contribution in [0.4, 0.5) is 4.79 Å². The summed E-state index contributed by atoms with van der Waals surface area (Å²) in [6.07, 6.45) is 0.641. The first-order chi connectivity index (χ1) is 23.0. The molecule has 5 amide bonds. The summed E-state index contributed by atoms with van der Waals surface area (Å²) in [5, 5.41) is 8.45. The molecule has 2 aliphatic rings. The van der Waals surface area contributed by atoms with Gasteiger partial charge in [0.1, 0.15) is 31.5 Å². The van der Waals surface area contributed by atoms with Gasteiger partial charge in [-0.1, -0.05) is 54.6 Å². The van der Waals surface area contributed by atoms with Crippen LogP contribution in [-0.4, -0.2) is 87.4 Å². The van der Waals surface area contributed by atoms with Crippen LogP contribution in [0.25, 0.3) is 0 Å². The van der Waals surface area contributed by atoms with Gasteiger partial charge in [-0.15, -0.1) is 6.58 Å². The second-order valence-electron chi connectivity index (χ2n) is 11.1. The molecule has 0 spiro atoms. The smallest absolute Gasteiger partial charge is 0.780 e. The van der Waals surface area contributed by atoms with Gasteiger partial charge >= 0.3 is 65.1 Å². The van der Waals surface area contributed by atoms with E-state index in [0.29, 0.717) is 11.3 Å². The van der Waals surface area contributed by atoms with Gasteiger partial charge in [-0.05, 0) is 35.4 Å². The summed E-state index contributed by atoms with van der Waals surface area (Å²) in [6, 6.07) is 18.2. The monoisotopic (exact) mass is 721 g/mol. The van der Waals surface area contributed by atoms with Crippen molar-refractivity contribution in [2.75, 3.05) is 26.7 Å². The third-order valence-electron chi connectivity index (χ3n) is 7.85. The van der Waals surface area contributed by atoms with E-state index in [-0.39, 0.29) is 116 Å². The quantitative estimate of drug-likeness (QED) is 0.110. The van der Waals surface area contributed by atoms with E-state index in [0.717, 1.165) is 5.56 Å². The number of nitrogens with one attached hydrogen (secondary N) is 2. The number of piperazine rings is 1. The van der Waals surface area contributed by atoms with Crippen LogP contribution in [0.3, 0.4) is 0 Å². The van der Waals surface area contributed by atoms with Crippen molar-refractivity contribution >= 4 is 31.6 Å². The Hall–Kier alpha value is -3.08. The van der Waals surface area contributed by atoms with Crippen LogP contribution in [0.2, 0.25) is 0 Å². The molecule has 50 heavy (non-hydrogen) atoms. The van der Waals surface area contributed by atoms with Crippen molar-refractivity contribution in [3.05, 3.63) is 108 Å². The molecule has 252 valence electrons. The number of phosphoric ester groups is 1. The number of rotatable bonds is 11. The van der Waals surface area contributed by atoms with Crippen LogP contribution in [-0.2, 0) is 33.7 Å². The number of hydrogen-bond donors (Lipinski definition) is 2. The fourth-order valence-electron chi connectivity index (χ4n) is 5.75. The molecular formula is C32H34N7Na2O8P. The third-order valence-corrected chi connectivity index (χ3v) is 8.29. The number of hydrogen-bond acceptors (Lipinski definition) is 10. The minimum atomic E-state index is -5.28. The van der Waals surface area contributed by atoms with Crippen LogP contribution in [0.5, 0.6) is 5.75 Å². The van der Waals surface area contributed by atoms with E-state index in [2.05, 4.69) is 26.7 Å². The van der Waals surface area contributed by atoms with E-state index < -0.39 is 37.9 Å². The number of carbonyl (C=O) groups is 4. The Morgan fingerprint density at radius 1 is 1.02 bits per heavy atom. The van der Waals surface area contributed by atoms with E-state index in [1.54, 1.807) is 29.3 Å². The van der Waals surface area contributed by atoms with E-state index >= 15 is 0 Å². The molecule has 15 nitrogen and oxygen atoms in total. The van der Waals surface area contributed by atoms with Crippen LogP contribution in [0, 0.1) is 0 Å². The first-order valence-electron chi connectivity index (χ1n) is 15.0. The van der Waals surface area contributed by atoms with Crippen molar-refractivity contribution in [2.24, 2.45) is 0 Å². The number of aromatic nitrogens is 1. The second-order valence-corrected chi connectivity index (χ2v) is 12.2. The zero-order chi connectivity index (χ0) is 34.4. The van der Waals surface area contributed by atoms with Crippen molar-refractivity contribution in [1.82, 2.24) is 35.4 Å². The number of carbonyl (C=O) groups excluding carboxylic acids is 4. The number of benzene rings is 2. The summed E-state index contributed by atoms with van der Waals surface area (Å²) in [5.41, 5.74) is 1.98. The number of amides is 5. The van der Waals surface area contributed by atoms with E-state index in [1.807, 2.05) is 30.3 Å². The molecule has 2 fully saturated rings. The zero-order valence-electron chi connectivity index (χ0n) is 28.1. The van der Waals surface area contributed by atoms with Gasteiger partial charge in [0.05, 0.1) is 25.3 Å². The fourth-order valence-corrected chi connectivity index (χ4v) is 6.13. The summed E-state index contributed by atoms with van der Waals surface area (Å²) < 4.78 is 15.5. The molecule has 2 saturated heterocycles. The van der Waals surface area contributed by atoms with Crippen molar-refractivity contribution in [2.45, 2.75) is 31.7 Å². The number of nitrogens with zero attached hydrogens (tertiary/aromatic N) is 5. The molecule has 18 heteroatoms. The molecule has 2 aromatic carbocycles. The molecule has 0 bridgehead atoms. The van der Waals surface area contributed by atoms with Gasteiger partial charge in [0.15, 0.2) is 0 Å². The molecule has 0 saturated carbocycles. The van der Waals surface area contributed by atoms with E-state index in [4.69, 9.17) is 0 Å². The molecular weight excluding hydrogens is 687 g/mol. The number of hydrazine groups is 1. The minimum Gasteiger partial charge on any atom is -0.780 e. The van der Waals surface area contributed by atoms with Gasteiger partial charge in [0, 0.05) is 26.6 Å². The summed E-state index contributed by atoms with van der Waals surface area (Å²) in [6.45, 7) is 3.90. The molecule has 2 aliphatic heterocycles. The second kappa shape index (κ2) is 18.4.